The van der Waals surface area contributed by atoms with Gasteiger partial charge >= 0.3 is 6.09 Å². The summed E-state index contributed by atoms with van der Waals surface area (Å²) in [5.74, 6) is 0.595. The fraction of sp³-hybridized carbons (Fsp3) is 0.618. The lowest BCUT2D eigenvalue weighted by Crippen LogP contribution is -2.51. The normalized spacial score (nSPS) is 26.0. The molecule has 214 valence electrons. The van der Waals surface area contributed by atoms with Crippen LogP contribution in [0.5, 0.6) is 0 Å². The van der Waals surface area contributed by atoms with Crippen LogP contribution in [0.25, 0.3) is 0 Å². The summed E-state index contributed by atoms with van der Waals surface area (Å²) in [5, 5.41) is 0. The molecule has 0 bridgehead atoms. The van der Waals surface area contributed by atoms with E-state index in [9.17, 15) is 4.79 Å². The molecule has 2 fully saturated rings. The van der Waals surface area contributed by atoms with E-state index in [0.29, 0.717) is 18.1 Å². The van der Waals surface area contributed by atoms with Gasteiger partial charge in [-0.05, 0) is 96.6 Å². The number of benzene rings is 2. The zero-order valence-corrected chi connectivity index (χ0v) is 24.9. The Hall–Kier alpha value is -2.37. The smallest absolute Gasteiger partial charge is 0.410 e. The second-order valence-electron chi connectivity index (χ2n) is 12.9. The minimum absolute atomic E-state index is 0.178. The second kappa shape index (κ2) is 13.8. The van der Waals surface area contributed by atoms with Crippen LogP contribution in [0.4, 0.5) is 4.79 Å². The van der Waals surface area contributed by atoms with Crippen LogP contribution in [0, 0.1) is 5.92 Å². The van der Waals surface area contributed by atoms with Crippen LogP contribution in [0.15, 0.2) is 60.7 Å². The van der Waals surface area contributed by atoms with E-state index >= 15 is 0 Å². The van der Waals surface area contributed by atoms with E-state index in [4.69, 9.17) is 9.47 Å². The standard InChI is InChI=1S/C34H50N2O3/c1-26-22-30(23-27(2)36(26)33(37)39-34(3,4)5)20-21-38-32-18-16-31(17-19-32)35(24-28-12-8-6-9-13-28)25-29-14-10-7-11-15-29/h6-15,26-27,30-32H,16-25H2,1-5H3/t26-,27?,30?,31-,32-/m0/s1. The van der Waals surface area contributed by atoms with E-state index < -0.39 is 5.60 Å². The number of piperidine rings is 1. The highest BCUT2D eigenvalue weighted by atomic mass is 16.6. The minimum atomic E-state index is -0.458. The fourth-order valence-corrected chi connectivity index (χ4v) is 6.56. The van der Waals surface area contributed by atoms with E-state index in [1.165, 1.54) is 24.0 Å². The Labute approximate surface area is 236 Å². The third-order valence-electron chi connectivity index (χ3n) is 8.40. The second-order valence-corrected chi connectivity index (χ2v) is 12.9. The number of hydrogen-bond donors (Lipinski definition) is 0. The Bertz CT molecular complexity index is 945. The average Bonchev–Trinajstić information content (AvgIpc) is 2.88. The van der Waals surface area contributed by atoms with Crippen molar-refractivity contribution in [3.8, 4) is 0 Å². The van der Waals surface area contributed by atoms with Crippen molar-refractivity contribution in [1.29, 1.82) is 0 Å². The predicted octanol–water partition coefficient (Wildman–Crippen LogP) is 7.83. The lowest BCUT2D eigenvalue weighted by atomic mass is 9.85. The van der Waals surface area contributed by atoms with Gasteiger partial charge in [-0.3, -0.25) is 4.90 Å². The van der Waals surface area contributed by atoms with E-state index in [1.54, 1.807) is 0 Å². The van der Waals surface area contributed by atoms with E-state index in [1.807, 2.05) is 25.7 Å². The third-order valence-corrected chi connectivity index (χ3v) is 8.40. The molecule has 0 aromatic heterocycles. The maximum Gasteiger partial charge on any atom is 0.410 e. The molecule has 1 amide bonds. The van der Waals surface area contributed by atoms with E-state index in [-0.39, 0.29) is 18.2 Å². The minimum Gasteiger partial charge on any atom is -0.444 e. The number of amides is 1. The number of carbonyl (C=O) groups is 1. The van der Waals surface area contributed by atoms with Crippen LogP contribution in [-0.4, -0.2) is 52.3 Å². The van der Waals surface area contributed by atoms with E-state index in [2.05, 4.69) is 79.4 Å². The first kappa shape index (κ1) is 29.6. The molecule has 1 heterocycles. The molecule has 2 unspecified atom stereocenters. The van der Waals surface area contributed by atoms with Gasteiger partial charge in [-0.25, -0.2) is 4.79 Å². The van der Waals surface area contributed by atoms with Crippen molar-refractivity contribution < 1.29 is 14.3 Å². The molecule has 0 N–H and O–H groups in total. The number of carbonyl (C=O) groups excluding carboxylic acids is 1. The molecule has 2 aliphatic rings. The first-order valence-electron chi connectivity index (χ1n) is 15.1. The quantitative estimate of drug-likeness (QED) is 0.329. The monoisotopic (exact) mass is 534 g/mol. The van der Waals surface area contributed by atoms with Gasteiger partial charge in [0.1, 0.15) is 5.60 Å². The van der Waals surface area contributed by atoms with Crippen LogP contribution in [0.3, 0.4) is 0 Å². The zero-order valence-electron chi connectivity index (χ0n) is 24.9. The van der Waals surface area contributed by atoms with Crippen LogP contribution >= 0.6 is 0 Å². The van der Waals surface area contributed by atoms with Crippen LogP contribution in [0.2, 0.25) is 0 Å². The van der Waals surface area contributed by atoms with Crippen LogP contribution in [-0.2, 0) is 22.6 Å². The fourth-order valence-electron chi connectivity index (χ4n) is 6.56. The lowest BCUT2D eigenvalue weighted by molar-refractivity contribution is -0.0202. The van der Waals surface area contributed by atoms with Crippen molar-refractivity contribution in [2.24, 2.45) is 5.92 Å². The molecule has 1 aliphatic carbocycles. The summed E-state index contributed by atoms with van der Waals surface area (Å²) < 4.78 is 12.1. The summed E-state index contributed by atoms with van der Waals surface area (Å²) in [4.78, 5) is 17.3. The van der Waals surface area contributed by atoms with Crippen LogP contribution in [0.1, 0.15) is 90.7 Å². The Balaban J connectivity index is 1.22. The molecule has 4 rings (SSSR count). The highest BCUT2D eigenvalue weighted by Gasteiger charge is 2.36. The topological polar surface area (TPSA) is 42.0 Å². The van der Waals surface area contributed by atoms with Gasteiger partial charge in [0, 0.05) is 37.8 Å². The van der Waals surface area contributed by atoms with Crippen molar-refractivity contribution in [2.75, 3.05) is 6.61 Å². The summed E-state index contributed by atoms with van der Waals surface area (Å²) >= 11 is 0. The van der Waals surface area contributed by atoms with Crippen molar-refractivity contribution >= 4 is 6.09 Å². The largest absolute Gasteiger partial charge is 0.444 e. The molecule has 3 atom stereocenters. The molecular weight excluding hydrogens is 484 g/mol. The number of hydrogen-bond acceptors (Lipinski definition) is 4. The van der Waals surface area contributed by atoms with Gasteiger partial charge in [0.25, 0.3) is 0 Å². The Morgan fingerprint density at radius 2 is 1.36 bits per heavy atom. The molecular formula is C34H50N2O3. The molecule has 2 aromatic rings. The number of rotatable bonds is 9. The number of nitrogens with zero attached hydrogens (tertiary/aromatic N) is 2. The Kier molecular flexibility index (Phi) is 10.5. The summed E-state index contributed by atoms with van der Waals surface area (Å²) in [7, 11) is 0. The van der Waals surface area contributed by atoms with Gasteiger partial charge in [0.15, 0.2) is 0 Å². The molecule has 0 radical (unpaired) electrons. The third kappa shape index (κ3) is 9.08. The highest BCUT2D eigenvalue weighted by Crippen LogP contribution is 2.32. The SMILES string of the molecule is CC1CC(CCO[C@H]2CC[C@H](N(Cc3ccccc3)Cc3ccccc3)CC2)C[C@H](C)N1C(=O)OC(C)(C)C. The summed E-state index contributed by atoms with van der Waals surface area (Å²) in [5.41, 5.74) is 2.31. The Morgan fingerprint density at radius 3 is 1.85 bits per heavy atom. The molecule has 0 spiro atoms. The lowest BCUT2D eigenvalue weighted by Gasteiger charge is -2.43. The molecule has 1 aliphatic heterocycles. The van der Waals surface area contributed by atoms with E-state index in [0.717, 1.165) is 51.8 Å². The van der Waals surface area contributed by atoms with Crippen molar-refractivity contribution in [3.05, 3.63) is 71.8 Å². The Morgan fingerprint density at radius 1 is 0.846 bits per heavy atom. The molecule has 39 heavy (non-hydrogen) atoms. The van der Waals surface area contributed by atoms with Crippen molar-refractivity contribution in [1.82, 2.24) is 9.80 Å². The molecule has 5 heteroatoms. The van der Waals surface area contributed by atoms with Crippen molar-refractivity contribution in [3.63, 3.8) is 0 Å². The van der Waals surface area contributed by atoms with Gasteiger partial charge in [0.05, 0.1) is 6.10 Å². The highest BCUT2D eigenvalue weighted by molar-refractivity contribution is 5.69. The maximum atomic E-state index is 12.7. The summed E-state index contributed by atoms with van der Waals surface area (Å²) in [6.07, 6.45) is 7.95. The van der Waals surface area contributed by atoms with Crippen LogP contribution < -0.4 is 0 Å². The van der Waals surface area contributed by atoms with Gasteiger partial charge < -0.3 is 14.4 Å². The number of ether oxygens (including phenoxy) is 2. The molecule has 1 saturated heterocycles. The molecule has 2 aromatic carbocycles. The first-order chi connectivity index (χ1) is 18.7. The average molecular weight is 535 g/mol. The first-order valence-corrected chi connectivity index (χ1v) is 15.1. The summed E-state index contributed by atoms with van der Waals surface area (Å²) in [6, 6.07) is 22.7. The van der Waals surface area contributed by atoms with Gasteiger partial charge in [-0.15, -0.1) is 0 Å². The van der Waals surface area contributed by atoms with Crippen molar-refractivity contribution in [2.45, 2.75) is 122 Å². The molecule has 1 saturated carbocycles. The van der Waals surface area contributed by atoms with Gasteiger partial charge in [0.2, 0.25) is 0 Å². The number of likely N-dealkylation sites (tertiary alicyclic amines) is 1. The zero-order chi connectivity index (χ0) is 27.8. The van der Waals surface area contributed by atoms with Gasteiger partial charge in [-0.2, -0.15) is 0 Å². The van der Waals surface area contributed by atoms with Gasteiger partial charge in [-0.1, -0.05) is 60.7 Å². The summed E-state index contributed by atoms with van der Waals surface area (Å²) in [6.45, 7) is 12.9. The molecule has 5 nitrogen and oxygen atoms in total. The predicted molar refractivity (Wildman–Crippen MR) is 158 cm³/mol. The maximum absolute atomic E-state index is 12.7.